The Hall–Kier alpha value is -2.05. The van der Waals surface area contributed by atoms with Gasteiger partial charge in [0.1, 0.15) is 0 Å². The fourth-order valence-electron chi connectivity index (χ4n) is 3.07. The number of hydrogen-bond acceptors (Lipinski definition) is 0. The normalized spacial score (nSPS) is 11.5. The monoisotopic (exact) mass is 276 g/mol. The van der Waals surface area contributed by atoms with Crippen LogP contribution >= 0.6 is 11.6 Å². The first-order chi connectivity index (χ1) is 9.75. The summed E-state index contributed by atoms with van der Waals surface area (Å²) in [6.07, 6.45) is 0. The predicted molar refractivity (Wildman–Crippen MR) is 88.7 cm³/mol. The summed E-state index contributed by atoms with van der Waals surface area (Å²) in [6.45, 7) is 2.12. The molecule has 20 heavy (non-hydrogen) atoms. The van der Waals surface area contributed by atoms with Crippen molar-refractivity contribution in [1.29, 1.82) is 0 Å². The summed E-state index contributed by atoms with van der Waals surface area (Å²) in [4.78, 5) is 0. The highest BCUT2D eigenvalue weighted by molar-refractivity contribution is 6.40. The van der Waals surface area contributed by atoms with E-state index < -0.39 is 0 Å². The zero-order valence-corrected chi connectivity index (χ0v) is 11.9. The highest BCUT2D eigenvalue weighted by Crippen LogP contribution is 2.38. The first kappa shape index (κ1) is 11.7. The molecule has 0 aliphatic heterocycles. The first-order valence-electron chi connectivity index (χ1n) is 6.75. The lowest BCUT2D eigenvalue weighted by molar-refractivity contribution is 1.51. The van der Waals surface area contributed by atoms with E-state index in [2.05, 4.69) is 55.5 Å². The van der Waals surface area contributed by atoms with E-state index in [1.807, 2.05) is 12.1 Å². The van der Waals surface area contributed by atoms with E-state index in [-0.39, 0.29) is 0 Å². The van der Waals surface area contributed by atoms with Crippen molar-refractivity contribution in [3.05, 3.63) is 71.2 Å². The third kappa shape index (κ3) is 1.55. The maximum Gasteiger partial charge on any atom is 0.0490 e. The van der Waals surface area contributed by atoms with E-state index in [0.29, 0.717) is 0 Å². The van der Waals surface area contributed by atoms with Crippen molar-refractivity contribution < 1.29 is 0 Å². The standard InChI is InChI=1S/C19H13Cl/c1-12-9-10-15-13-5-2-3-6-14(13)16-7-4-8-18(20)19(16)17(15)11-12/h2-11H,1H3. The second-order valence-corrected chi connectivity index (χ2v) is 5.66. The zero-order valence-electron chi connectivity index (χ0n) is 11.2. The van der Waals surface area contributed by atoms with Crippen LogP contribution in [0.1, 0.15) is 5.56 Å². The van der Waals surface area contributed by atoms with Crippen LogP contribution < -0.4 is 0 Å². The molecule has 0 radical (unpaired) electrons. The molecule has 0 fully saturated rings. The summed E-state index contributed by atoms with van der Waals surface area (Å²) in [7, 11) is 0. The maximum absolute atomic E-state index is 6.49. The molecule has 0 unspecified atom stereocenters. The topological polar surface area (TPSA) is 0 Å². The quantitative estimate of drug-likeness (QED) is 0.340. The molecule has 0 aliphatic carbocycles. The van der Waals surface area contributed by atoms with Crippen molar-refractivity contribution in [1.82, 2.24) is 0 Å². The molecule has 4 rings (SSSR count). The molecule has 0 aliphatic rings. The predicted octanol–water partition coefficient (Wildman–Crippen LogP) is 6.11. The molecule has 96 valence electrons. The highest BCUT2D eigenvalue weighted by atomic mass is 35.5. The van der Waals surface area contributed by atoms with Crippen LogP contribution in [-0.2, 0) is 0 Å². The third-order valence-corrected chi connectivity index (χ3v) is 4.28. The van der Waals surface area contributed by atoms with Gasteiger partial charge in [-0.3, -0.25) is 0 Å². The molecule has 4 aromatic carbocycles. The molecule has 0 heterocycles. The summed E-state index contributed by atoms with van der Waals surface area (Å²) >= 11 is 6.49. The minimum atomic E-state index is 0.823. The van der Waals surface area contributed by atoms with Crippen molar-refractivity contribution in [2.45, 2.75) is 6.92 Å². The van der Waals surface area contributed by atoms with Gasteiger partial charge in [-0.1, -0.05) is 71.8 Å². The second kappa shape index (κ2) is 4.22. The van der Waals surface area contributed by atoms with E-state index in [1.165, 1.54) is 32.5 Å². The van der Waals surface area contributed by atoms with Gasteiger partial charge in [0, 0.05) is 10.4 Å². The van der Waals surface area contributed by atoms with Gasteiger partial charge < -0.3 is 0 Å². The summed E-state index contributed by atoms with van der Waals surface area (Å²) < 4.78 is 0. The lowest BCUT2D eigenvalue weighted by Gasteiger charge is -2.11. The molecule has 0 N–H and O–H groups in total. The van der Waals surface area contributed by atoms with Gasteiger partial charge in [-0.15, -0.1) is 0 Å². The fourth-order valence-corrected chi connectivity index (χ4v) is 3.35. The van der Waals surface area contributed by atoms with E-state index in [1.54, 1.807) is 0 Å². The molecule has 0 spiro atoms. The Morgan fingerprint density at radius 1 is 0.650 bits per heavy atom. The average Bonchev–Trinajstić information content (AvgIpc) is 2.47. The van der Waals surface area contributed by atoms with Crippen molar-refractivity contribution in [3.8, 4) is 0 Å². The van der Waals surface area contributed by atoms with Gasteiger partial charge in [-0.2, -0.15) is 0 Å². The van der Waals surface area contributed by atoms with E-state index in [0.717, 1.165) is 10.4 Å². The van der Waals surface area contributed by atoms with Crippen LogP contribution in [-0.4, -0.2) is 0 Å². The van der Waals surface area contributed by atoms with Crippen LogP contribution in [0.25, 0.3) is 32.3 Å². The Morgan fingerprint density at radius 3 is 2.10 bits per heavy atom. The summed E-state index contributed by atoms with van der Waals surface area (Å²) in [5.41, 5.74) is 1.26. The molecule has 0 aromatic heterocycles. The molecule has 4 aromatic rings. The number of hydrogen-bond donors (Lipinski definition) is 0. The van der Waals surface area contributed by atoms with Gasteiger partial charge in [0.15, 0.2) is 0 Å². The maximum atomic E-state index is 6.49. The van der Waals surface area contributed by atoms with E-state index >= 15 is 0 Å². The van der Waals surface area contributed by atoms with Gasteiger partial charge >= 0.3 is 0 Å². The van der Waals surface area contributed by atoms with Crippen molar-refractivity contribution in [2.24, 2.45) is 0 Å². The molecule has 0 amide bonds. The average molecular weight is 277 g/mol. The van der Waals surface area contributed by atoms with Crippen molar-refractivity contribution in [2.75, 3.05) is 0 Å². The number of benzene rings is 4. The highest BCUT2D eigenvalue weighted by Gasteiger charge is 2.10. The van der Waals surface area contributed by atoms with Crippen molar-refractivity contribution >= 4 is 43.9 Å². The Kier molecular flexibility index (Phi) is 2.48. The fraction of sp³-hybridized carbons (Fsp3) is 0.0526. The Balaban J connectivity index is 2.45. The van der Waals surface area contributed by atoms with Gasteiger partial charge in [0.25, 0.3) is 0 Å². The largest absolute Gasteiger partial charge is 0.0836 e. The molecule has 0 nitrogen and oxygen atoms in total. The zero-order chi connectivity index (χ0) is 13.7. The van der Waals surface area contributed by atoms with Crippen LogP contribution in [0.5, 0.6) is 0 Å². The Bertz CT molecular complexity index is 967. The van der Waals surface area contributed by atoms with Gasteiger partial charge in [-0.25, -0.2) is 0 Å². The SMILES string of the molecule is Cc1ccc2c3ccccc3c3cccc(Cl)c3c2c1. The Morgan fingerprint density at radius 2 is 1.30 bits per heavy atom. The molecular formula is C19H13Cl. The van der Waals surface area contributed by atoms with Gasteiger partial charge in [-0.05, 0) is 39.9 Å². The number of rotatable bonds is 0. The molecule has 0 atom stereocenters. The van der Waals surface area contributed by atoms with Crippen LogP contribution in [0.15, 0.2) is 60.7 Å². The van der Waals surface area contributed by atoms with Crippen molar-refractivity contribution in [3.63, 3.8) is 0 Å². The van der Waals surface area contributed by atoms with Crippen LogP contribution in [0.2, 0.25) is 5.02 Å². The van der Waals surface area contributed by atoms with Crippen LogP contribution in [0, 0.1) is 6.92 Å². The minimum Gasteiger partial charge on any atom is -0.0836 e. The third-order valence-electron chi connectivity index (χ3n) is 3.97. The second-order valence-electron chi connectivity index (χ2n) is 5.26. The molecule has 0 saturated carbocycles. The number of fused-ring (bicyclic) bond motifs is 6. The minimum absolute atomic E-state index is 0.823. The first-order valence-corrected chi connectivity index (χ1v) is 7.13. The molecule has 1 heteroatoms. The number of aryl methyl sites for hydroxylation is 1. The molecular weight excluding hydrogens is 264 g/mol. The summed E-state index contributed by atoms with van der Waals surface area (Å²) in [5, 5.41) is 8.27. The smallest absolute Gasteiger partial charge is 0.0490 e. The van der Waals surface area contributed by atoms with Gasteiger partial charge in [0.2, 0.25) is 0 Å². The van der Waals surface area contributed by atoms with Crippen LogP contribution in [0.4, 0.5) is 0 Å². The molecule has 0 saturated heterocycles. The Labute approximate surface area is 122 Å². The summed E-state index contributed by atoms with van der Waals surface area (Å²) in [6, 6.07) is 21.3. The lowest BCUT2D eigenvalue weighted by Crippen LogP contribution is -1.84. The van der Waals surface area contributed by atoms with Gasteiger partial charge in [0.05, 0.1) is 0 Å². The van der Waals surface area contributed by atoms with Crippen LogP contribution in [0.3, 0.4) is 0 Å². The number of halogens is 1. The molecule has 0 bridgehead atoms. The summed E-state index contributed by atoms with van der Waals surface area (Å²) in [5.74, 6) is 0. The van der Waals surface area contributed by atoms with E-state index in [9.17, 15) is 0 Å². The van der Waals surface area contributed by atoms with E-state index in [4.69, 9.17) is 11.6 Å². The lowest BCUT2D eigenvalue weighted by atomic mass is 9.93.